The van der Waals surface area contributed by atoms with Gasteiger partial charge >= 0.3 is 5.97 Å². The molecule has 14 heavy (non-hydrogen) atoms. The Hall–Kier alpha value is -1.43. The van der Waals surface area contributed by atoms with Gasteiger partial charge in [-0.15, -0.1) is 0 Å². The van der Waals surface area contributed by atoms with Crippen molar-refractivity contribution in [2.75, 3.05) is 6.54 Å². The molecule has 1 atom stereocenters. The average molecular weight is 202 g/mol. The lowest BCUT2D eigenvalue weighted by atomic mass is 10.1. The minimum atomic E-state index is -1.11. The topological polar surface area (TPSA) is 109 Å². The molecule has 0 aromatic heterocycles. The number of hydrogen-bond donors (Lipinski definition) is 3. The molecule has 0 aromatic carbocycles. The highest BCUT2D eigenvalue weighted by molar-refractivity contribution is 5.88. The maximum absolute atomic E-state index is 11.0. The highest BCUT2D eigenvalue weighted by Gasteiger charge is 2.10. The summed E-state index contributed by atoms with van der Waals surface area (Å²) in [5, 5.41) is 10.4. The fourth-order valence-electron chi connectivity index (χ4n) is 0.727. The van der Waals surface area contributed by atoms with Gasteiger partial charge in [0.25, 0.3) is 0 Å². The number of aliphatic carboxylic acids is 1. The maximum Gasteiger partial charge on any atom is 0.322 e. The third-order valence-corrected chi connectivity index (χ3v) is 1.54. The van der Waals surface area contributed by atoms with Gasteiger partial charge < -0.3 is 16.2 Å². The Bertz CT molecular complexity index is 237. The fraction of sp³-hybridized carbons (Fsp3) is 0.625. The van der Waals surface area contributed by atoms with Gasteiger partial charge in [0.05, 0.1) is 6.04 Å². The summed E-state index contributed by atoms with van der Waals surface area (Å²) in [5.41, 5.74) is 5.27. The second kappa shape index (κ2) is 6.09. The Labute approximate surface area is 81.5 Å². The summed E-state index contributed by atoms with van der Waals surface area (Å²) >= 11 is 0. The van der Waals surface area contributed by atoms with E-state index < -0.39 is 24.5 Å². The van der Waals surface area contributed by atoms with Crippen molar-refractivity contribution in [1.29, 1.82) is 0 Å². The van der Waals surface area contributed by atoms with Crippen molar-refractivity contribution in [3.63, 3.8) is 0 Å². The van der Waals surface area contributed by atoms with Gasteiger partial charge in [0.15, 0.2) is 0 Å². The lowest BCUT2D eigenvalue weighted by Crippen LogP contribution is -2.31. The van der Waals surface area contributed by atoms with E-state index in [1.807, 2.05) is 0 Å². The molecule has 0 rings (SSSR count). The number of nitrogens with two attached hydrogens (primary N) is 1. The van der Waals surface area contributed by atoms with Gasteiger partial charge in [-0.25, -0.2) is 0 Å². The Morgan fingerprint density at radius 2 is 1.93 bits per heavy atom. The quantitative estimate of drug-likeness (QED) is 0.505. The average Bonchev–Trinajstić information content (AvgIpc) is 2.10. The number of rotatable bonds is 6. The highest BCUT2D eigenvalue weighted by atomic mass is 16.4. The molecule has 1 unspecified atom stereocenters. The zero-order chi connectivity index (χ0) is 11.1. The molecule has 0 aliphatic heterocycles. The highest BCUT2D eigenvalue weighted by Crippen LogP contribution is 1.93. The summed E-state index contributed by atoms with van der Waals surface area (Å²) in [7, 11) is 0. The van der Waals surface area contributed by atoms with Crippen molar-refractivity contribution in [3.8, 4) is 0 Å². The van der Waals surface area contributed by atoms with E-state index in [2.05, 4.69) is 5.32 Å². The third-order valence-electron chi connectivity index (χ3n) is 1.54. The van der Waals surface area contributed by atoms with Crippen molar-refractivity contribution >= 4 is 17.7 Å². The molecule has 6 nitrogen and oxygen atoms in total. The normalized spacial score (nSPS) is 11.9. The van der Waals surface area contributed by atoms with E-state index in [0.717, 1.165) is 0 Å². The SMILES string of the molecule is CC(N)C(=O)CCC(=O)NCC(=O)O. The molecule has 0 saturated heterocycles. The van der Waals surface area contributed by atoms with Gasteiger partial charge in [-0.1, -0.05) is 0 Å². The zero-order valence-electron chi connectivity index (χ0n) is 7.95. The number of nitrogens with one attached hydrogen (secondary N) is 1. The summed E-state index contributed by atoms with van der Waals surface area (Å²) in [4.78, 5) is 31.9. The number of Topliss-reactive ketones (excluding diaryl/α,β-unsaturated/α-hetero) is 1. The Morgan fingerprint density at radius 3 is 2.36 bits per heavy atom. The molecule has 4 N–H and O–H groups in total. The first-order valence-corrected chi connectivity index (χ1v) is 4.20. The van der Waals surface area contributed by atoms with Gasteiger partial charge in [0.1, 0.15) is 12.3 Å². The minimum absolute atomic E-state index is 0.0202. The standard InChI is InChI=1S/C8H14N2O4/c1-5(9)6(11)2-3-7(12)10-4-8(13)14/h5H,2-4,9H2,1H3,(H,10,12)(H,13,14). The predicted octanol–water partition coefficient (Wildman–Crippen LogP) is -1.12. The van der Waals surface area contributed by atoms with Crippen molar-refractivity contribution in [2.24, 2.45) is 5.73 Å². The Kier molecular flexibility index (Phi) is 5.47. The van der Waals surface area contributed by atoms with Gasteiger partial charge in [-0.05, 0) is 6.92 Å². The fourth-order valence-corrected chi connectivity index (χ4v) is 0.727. The molecule has 6 heteroatoms. The number of carbonyl (C=O) groups excluding carboxylic acids is 2. The van der Waals surface area contributed by atoms with Crippen LogP contribution in [0, 0.1) is 0 Å². The summed E-state index contributed by atoms with van der Waals surface area (Å²) in [6.45, 7) is 1.11. The molecule has 0 fully saturated rings. The van der Waals surface area contributed by atoms with E-state index in [9.17, 15) is 14.4 Å². The first-order valence-electron chi connectivity index (χ1n) is 4.20. The third kappa shape index (κ3) is 6.13. The van der Waals surface area contributed by atoms with Crippen LogP contribution < -0.4 is 11.1 Å². The zero-order valence-corrected chi connectivity index (χ0v) is 7.95. The van der Waals surface area contributed by atoms with Crippen LogP contribution in [-0.4, -0.2) is 35.4 Å². The molecule has 0 bridgehead atoms. The van der Waals surface area contributed by atoms with Crippen molar-refractivity contribution in [3.05, 3.63) is 0 Å². The molecule has 1 amide bonds. The first-order chi connectivity index (χ1) is 6.43. The number of hydrogen-bond acceptors (Lipinski definition) is 4. The second-order valence-corrected chi connectivity index (χ2v) is 2.93. The van der Waals surface area contributed by atoms with Gasteiger partial charge in [0, 0.05) is 12.8 Å². The molecule has 80 valence electrons. The smallest absolute Gasteiger partial charge is 0.322 e. The molecular formula is C8H14N2O4. The number of carboxylic acids is 1. The van der Waals surface area contributed by atoms with Crippen LogP contribution >= 0.6 is 0 Å². The van der Waals surface area contributed by atoms with E-state index in [1.165, 1.54) is 6.92 Å². The molecule has 0 radical (unpaired) electrons. The van der Waals surface area contributed by atoms with Crippen LogP contribution in [0.4, 0.5) is 0 Å². The van der Waals surface area contributed by atoms with Gasteiger partial charge in [-0.3, -0.25) is 14.4 Å². The summed E-state index contributed by atoms with van der Waals surface area (Å²) in [6, 6.07) is -0.581. The van der Waals surface area contributed by atoms with Crippen LogP contribution in [0.1, 0.15) is 19.8 Å². The van der Waals surface area contributed by atoms with Crippen LogP contribution in [0.5, 0.6) is 0 Å². The van der Waals surface area contributed by atoms with Gasteiger partial charge in [0.2, 0.25) is 5.91 Å². The Morgan fingerprint density at radius 1 is 1.36 bits per heavy atom. The summed E-state index contributed by atoms with van der Waals surface area (Å²) < 4.78 is 0. The number of carboxylic acid groups (broad SMARTS) is 1. The lowest BCUT2D eigenvalue weighted by Gasteiger charge is -2.04. The van der Waals surface area contributed by atoms with Crippen LogP contribution in [0.15, 0.2) is 0 Å². The van der Waals surface area contributed by atoms with E-state index in [0.29, 0.717) is 0 Å². The van der Waals surface area contributed by atoms with Crippen LogP contribution in [0.25, 0.3) is 0 Å². The van der Waals surface area contributed by atoms with Crippen LogP contribution in [-0.2, 0) is 14.4 Å². The Balaban J connectivity index is 3.64. The predicted molar refractivity (Wildman–Crippen MR) is 48.5 cm³/mol. The summed E-state index contributed by atoms with van der Waals surface area (Å²) in [6.07, 6.45) is 0.0246. The molecule has 0 aromatic rings. The van der Waals surface area contributed by atoms with Crippen molar-refractivity contribution in [1.82, 2.24) is 5.32 Å². The van der Waals surface area contributed by atoms with Gasteiger partial charge in [-0.2, -0.15) is 0 Å². The van der Waals surface area contributed by atoms with Crippen LogP contribution in [0.3, 0.4) is 0 Å². The van der Waals surface area contributed by atoms with Crippen LogP contribution in [0.2, 0.25) is 0 Å². The molecule has 0 heterocycles. The second-order valence-electron chi connectivity index (χ2n) is 2.93. The first kappa shape index (κ1) is 12.6. The minimum Gasteiger partial charge on any atom is -0.480 e. The molecule has 0 spiro atoms. The van der Waals surface area contributed by atoms with E-state index >= 15 is 0 Å². The maximum atomic E-state index is 11.0. The molecule has 0 aliphatic carbocycles. The monoisotopic (exact) mass is 202 g/mol. The van der Waals surface area contributed by atoms with E-state index in [4.69, 9.17) is 10.8 Å². The molecule has 0 saturated carbocycles. The van der Waals surface area contributed by atoms with E-state index in [-0.39, 0.29) is 18.6 Å². The number of carbonyl (C=O) groups is 3. The lowest BCUT2D eigenvalue weighted by molar-refractivity contribution is -0.138. The number of ketones is 1. The van der Waals surface area contributed by atoms with E-state index in [1.54, 1.807) is 0 Å². The molecule has 0 aliphatic rings. The van der Waals surface area contributed by atoms with Crippen molar-refractivity contribution < 1.29 is 19.5 Å². The van der Waals surface area contributed by atoms with Crippen molar-refractivity contribution in [2.45, 2.75) is 25.8 Å². The summed E-state index contributed by atoms with van der Waals surface area (Å²) in [5.74, 6) is -1.78. The molecular weight excluding hydrogens is 188 g/mol. The largest absolute Gasteiger partial charge is 0.480 e. The number of amides is 1.